The molecule has 0 aliphatic heterocycles. The zero-order chi connectivity index (χ0) is 12.1. The monoisotopic (exact) mass is 224 g/mol. The summed E-state index contributed by atoms with van der Waals surface area (Å²) in [5, 5.41) is 3.87. The Morgan fingerprint density at radius 3 is 2.56 bits per heavy atom. The molecule has 1 rings (SSSR count). The number of methoxy groups -OCH3 is 2. The molecule has 0 bridgehead atoms. The molecular formula is C10H12N2O4. The van der Waals surface area contributed by atoms with Gasteiger partial charge in [0.2, 0.25) is 0 Å². The number of carbonyl (C=O) groups excluding carboxylic acids is 1. The molecule has 0 fully saturated rings. The van der Waals surface area contributed by atoms with Gasteiger partial charge in [0.05, 0.1) is 25.2 Å². The van der Waals surface area contributed by atoms with Crippen molar-refractivity contribution in [2.45, 2.75) is 0 Å². The Balaban J connectivity index is 3.16. The Hall–Kier alpha value is -2.11. The maximum atomic E-state index is 11.3. The predicted molar refractivity (Wildman–Crippen MR) is 58.5 cm³/mol. The first-order valence-electron chi connectivity index (χ1n) is 4.47. The quantitative estimate of drug-likeness (QED) is 0.441. The van der Waals surface area contributed by atoms with Crippen LogP contribution >= 0.6 is 0 Å². The zero-order valence-corrected chi connectivity index (χ0v) is 9.26. The van der Waals surface area contributed by atoms with Gasteiger partial charge in [0.1, 0.15) is 11.3 Å². The lowest BCUT2D eigenvalue weighted by atomic mass is 10.2. The number of esters is 1. The maximum absolute atomic E-state index is 11.3. The Labute approximate surface area is 92.7 Å². The van der Waals surface area contributed by atoms with E-state index in [9.17, 15) is 9.70 Å². The number of hydrogen-bond donors (Lipinski definition) is 0. The fourth-order valence-corrected chi connectivity index (χ4v) is 1.21. The molecule has 0 aromatic heterocycles. The van der Waals surface area contributed by atoms with E-state index < -0.39 is 5.97 Å². The van der Waals surface area contributed by atoms with Crippen molar-refractivity contribution in [3.05, 3.63) is 28.7 Å². The number of anilines is 1. The number of ether oxygens (including phenoxy) is 2. The highest BCUT2D eigenvalue weighted by Gasteiger charge is 2.14. The number of hydrogen-bond acceptors (Lipinski definition) is 5. The van der Waals surface area contributed by atoms with Gasteiger partial charge in [0.15, 0.2) is 0 Å². The molecule has 0 aliphatic rings. The summed E-state index contributed by atoms with van der Waals surface area (Å²) >= 11 is 0. The van der Waals surface area contributed by atoms with Gasteiger partial charge in [-0.05, 0) is 12.1 Å². The van der Waals surface area contributed by atoms with Crippen LogP contribution in [0.1, 0.15) is 10.4 Å². The summed E-state index contributed by atoms with van der Waals surface area (Å²) in [5.41, 5.74) is 0.826. The van der Waals surface area contributed by atoms with E-state index in [-0.39, 0.29) is 0 Å². The molecule has 0 heterocycles. The molecule has 86 valence electrons. The van der Waals surface area contributed by atoms with Crippen LogP contribution in [-0.4, -0.2) is 27.2 Å². The van der Waals surface area contributed by atoms with Crippen LogP contribution in [0.2, 0.25) is 0 Å². The van der Waals surface area contributed by atoms with E-state index in [1.54, 1.807) is 6.07 Å². The molecular weight excluding hydrogens is 212 g/mol. The van der Waals surface area contributed by atoms with E-state index in [1.165, 1.54) is 33.4 Å². The zero-order valence-electron chi connectivity index (χ0n) is 9.26. The Morgan fingerprint density at radius 2 is 2.06 bits per heavy atom. The van der Waals surface area contributed by atoms with Crippen LogP contribution < -0.4 is 9.75 Å². The van der Waals surface area contributed by atoms with Crippen molar-refractivity contribution in [3.8, 4) is 5.75 Å². The van der Waals surface area contributed by atoms with Gasteiger partial charge in [0.25, 0.3) is 0 Å². The van der Waals surface area contributed by atoms with Gasteiger partial charge in [-0.3, -0.25) is 0 Å². The average Bonchev–Trinajstić information content (AvgIpc) is 2.35. The fraction of sp³-hybridized carbons (Fsp3) is 0.300. The summed E-state index contributed by atoms with van der Waals surface area (Å²) in [5.74, 6) is -0.162. The van der Waals surface area contributed by atoms with Gasteiger partial charge in [-0.1, -0.05) is 0 Å². The second-order valence-electron chi connectivity index (χ2n) is 2.98. The lowest BCUT2D eigenvalue weighted by Crippen LogP contribution is -2.09. The van der Waals surface area contributed by atoms with Gasteiger partial charge in [-0.15, -0.1) is 4.91 Å². The highest BCUT2D eigenvalue weighted by Crippen LogP contribution is 2.25. The van der Waals surface area contributed by atoms with Crippen molar-refractivity contribution in [2.24, 2.45) is 5.29 Å². The molecule has 0 atom stereocenters. The summed E-state index contributed by atoms with van der Waals surface area (Å²) in [4.78, 5) is 21.7. The molecule has 0 aliphatic carbocycles. The van der Waals surface area contributed by atoms with E-state index in [4.69, 9.17) is 4.74 Å². The van der Waals surface area contributed by atoms with Crippen LogP contribution in [0.15, 0.2) is 23.5 Å². The maximum Gasteiger partial charge on any atom is 0.341 e. The average molecular weight is 224 g/mol. The summed E-state index contributed by atoms with van der Waals surface area (Å²) in [6, 6.07) is 4.63. The third-order valence-corrected chi connectivity index (χ3v) is 2.09. The number of nitroso groups, excluding NO2 is 1. The standard InChI is InChI=1S/C10H12N2O4/c1-12(11-14)7-4-5-8(10(13)16-3)9(6-7)15-2/h4-6H,1-3H3. The molecule has 1 aromatic carbocycles. The minimum Gasteiger partial charge on any atom is -0.496 e. The molecule has 0 radical (unpaired) electrons. The second kappa shape index (κ2) is 5.11. The number of carbonyl (C=O) groups is 1. The van der Waals surface area contributed by atoms with Crippen LogP contribution in [0.4, 0.5) is 5.69 Å². The van der Waals surface area contributed by atoms with Crippen molar-refractivity contribution in [1.82, 2.24) is 0 Å². The molecule has 0 saturated heterocycles. The summed E-state index contributed by atoms with van der Waals surface area (Å²) in [6.07, 6.45) is 0. The van der Waals surface area contributed by atoms with E-state index in [2.05, 4.69) is 10.0 Å². The van der Waals surface area contributed by atoms with Crippen molar-refractivity contribution in [3.63, 3.8) is 0 Å². The molecule has 0 spiro atoms. The van der Waals surface area contributed by atoms with E-state index in [1.807, 2.05) is 0 Å². The molecule has 16 heavy (non-hydrogen) atoms. The molecule has 6 nitrogen and oxygen atoms in total. The van der Waals surface area contributed by atoms with E-state index in [0.29, 0.717) is 17.0 Å². The molecule has 6 heteroatoms. The number of rotatable bonds is 4. The van der Waals surface area contributed by atoms with Gasteiger partial charge in [0, 0.05) is 13.1 Å². The Kier molecular flexibility index (Phi) is 3.82. The van der Waals surface area contributed by atoms with Crippen LogP contribution in [0.5, 0.6) is 5.75 Å². The van der Waals surface area contributed by atoms with Crippen LogP contribution in [0, 0.1) is 4.91 Å². The largest absolute Gasteiger partial charge is 0.496 e. The number of nitrogens with zero attached hydrogens (tertiary/aromatic N) is 2. The van der Waals surface area contributed by atoms with Crippen molar-refractivity contribution < 1.29 is 14.3 Å². The van der Waals surface area contributed by atoms with Gasteiger partial charge in [-0.25, -0.2) is 9.80 Å². The molecule has 0 amide bonds. The van der Waals surface area contributed by atoms with Gasteiger partial charge < -0.3 is 9.47 Å². The highest BCUT2D eigenvalue weighted by molar-refractivity contribution is 5.93. The topological polar surface area (TPSA) is 68.2 Å². The lowest BCUT2D eigenvalue weighted by molar-refractivity contribution is 0.0597. The first-order valence-corrected chi connectivity index (χ1v) is 4.47. The van der Waals surface area contributed by atoms with Gasteiger partial charge in [-0.2, -0.15) is 0 Å². The number of benzene rings is 1. The van der Waals surface area contributed by atoms with Crippen molar-refractivity contribution >= 4 is 11.7 Å². The Morgan fingerprint density at radius 1 is 1.38 bits per heavy atom. The van der Waals surface area contributed by atoms with Crippen LogP contribution in [0.25, 0.3) is 0 Å². The normalized spacial score (nSPS) is 9.44. The third-order valence-electron chi connectivity index (χ3n) is 2.09. The van der Waals surface area contributed by atoms with Crippen molar-refractivity contribution in [2.75, 3.05) is 26.3 Å². The Bertz CT molecular complexity index is 406. The van der Waals surface area contributed by atoms with Crippen LogP contribution in [-0.2, 0) is 4.74 Å². The smallest absolute Gasteiger partial charge is 0.341 e. The minimum absolute atomic E-state index is 0.299. The van der Waals surface area contributed by atoms with Gasteiger partial charge >= 0.3 is 5.97 Å². The van der Waals surface area contributed by atoms with Crippen molar-refractivity contribution in [1.29, 1.82) is 0 Å². The fourth-order valence-electron chi connectivity index (χ4n) is 1.21. The van der Waals surface area contributed by atoms with E-state index >= 15 is 0 Å². The SMILES string of the molecule is COC(=O)c1ccc(N(C)N=O)cc1OC. The van der Waals surface area contributed by atoms with Crippen LogP contribution in [0.3, 0.4) is 0 Å². The lowest BCUT2D eigenvalue weighted by Gasteiger charge is -2.12. The molecule has 0 unspecified atom stereocenters. The highest BCUT2D eigenvalue weighted by atomic mass is 16.5. The molecule has 0 N–H and O–H groups in total. The van der Waals surface area contributed by atoms with E-state index in [0.717, 1.165) is 5.01 Å². The predicted octanol–water partition coefficient (Wildman–Crippen LogP) is 1.60. The molecule has 1 aromatic rings. The molecule has 0 saturated carbocycles. The summed E-state index contributed by atoms with van der Waals surface area (Å²) < 4.78 is 9.62. The third kappa shape index (κ3) is 2.28. The summed E-state index contributed by atoms with van der Waals surface area (Å²) in [6.45, 7) is 0. The first kappa shape index (κ1) is 12.0. The minimum atomic E-state index is -0.495. The second-order valence-corrected chi connectivity index (χ2v) is 2.98. The first-order chi connectivity index (χ1) is 7.63. The summed E-state index contributed by atoms with van der Waals surface area (Å²) in [7, 11) is 4.22.